The van der Waals surface area contributed by atoms with Crippen LogP contribution in [0.3, 0.4) is 0 Å². The van der Waals surface area contributed by atoms with Gasteiger partial charge in [-0.2, -0.15) is 0 Å². The van der Waals surface area contributed by atoms with Crippen LogP contribution in [0.4, 0.5) is 0 Å². The highest BCUT2D eigenvalue weighted by molar-refractivity contribution is 5.94. The molecule has 0 atom stereocenters. The van der Waals surface area contributed by atoms with Crippen LogP contribution < -0.4 is 16.2 Å². The van der Waals surface area contributed by atoms with Crippen molar-refractivity contribution < 1.29 is 9.90 Å². The van der Waals surface area contributed by atoms with E-state index in [-0.39, 0.29) is 17.4 Å². The maximum Gasteiger partial charge on any atom is 0.251 e. The molecule has 4 N–H and O–H groups in total. The molecule has 92 valence electrons. The van der Waals surface area contributed by atoms with Crippen LogP contribution in [0.2, 0.25) is 0 Å². The average molecular weight is 237 g/mol. The summed E-state index contributed by atoms with van der Waals surface area (Å²) < 4.78 is 0. The Labute approximate surface area is 98.1 Å². The quantitative estimate of drug-likeness (QED) is 0.522. The van der Waals surface area contributed by atoms with E-state index in [1.807, 2.05) is 0 Å². The van der Waals surface area contributed by atoms with Crippen molar-refractivity contribution in [3.8, 4) is 5.88 Å². The van der Waals surface area contributed by atoms with Crippen molar-refractivity contribution in [2.45, 2.75) is 18.9 Å². The molecule has 2 rings (SSSR count). The molecule has 0 unspecified atom stereocenters. The lowest BCUT2D eigenvalue weighted by atomic mass is 10.2. The van der Waals surface area contributed by atoms with E-state index in [2.05, 4.69) is 15.6 Å². The summed E-state index contributed by atoms with van der Waals surface area (Å²) in [5, 5.41) is 15.1. The van der Waals surface area contributed by atoms with E-state index < -0.39 is 5.56 Å². The van der Waals surface area contributed by atoms with Gasteiger partial charge in [-0.3, -0.25) is 14.6 Å². The van der Waals surface area contributed by atoms with E-state index in [9.17, 15) is 9.59 Å². The molecule has 0 aromatic carbocycles. The maximum atomic E-state index is 11.6. The van der Waals surface area contributed by atoms with Gasteiger partial charge in [0.2, 0.25) is 0 Å². The van der Waals surface area contributed by atoms with E-state index in [1.54, 1.807) is 0 Å². The van der Waals surface area contributed by atoms with Gasteiger partial charge >= 0.3 is 0 Å². The second kappa shape index (κ2) is 5.01. The number of pyridine rings is 1. The Hall–Kier alpha value is -1.82. The molecule has 1 fully saturated rings. The number of rotatable bonds is 5. The summed E-state index contributed by atoms with van der Waals surface area (Å²) in [5.41, 5.74) is -0.330. The fourth-order valence-electron chi connectivity index (χ4n) is 1.50. The Morgan fingerprint density at radius 1 is 1.41 bits per heavy atom. The lowest BCUT2D eigenvalue weighted by Crippen LogP contribution is -2.33. The van der Waals surface area contributed by atoms with Gasteiger partial charge in [-0.25, -0.2) is 0 Å². The number of hydrogen-bond acceptors (Lipinski definition) is 4. The number of carbonyl (C=O) groups is 1. The minimum atomic E-state index is -0.494. The second-order valence-electron chi connectivity index (χ2n) is 4.10. The molecule has 0 spiro atoms. The first-order valence-corrected chi connectivity index (χ1v) is 5.60. The van der Waals surface area contributed by atoms with Crippen molar-refractivity contribution in [3.05, 3.63) is 28.0 Å². The number of aromatic hydroxyl groups is 1. The fourth-order valence-corrected chi connectivity index (χ4v) is 1.50. The van der Waals surface area contributed by atoms with E-state index in [0.717, 1.165) is 6.07 Å². The molecular formula is C11H15N3O3. The molecule has 1 aromatic rings. The van der Waals surface area contributed by atoms with Crippen LogP contribution in [0.15, 0.2) is 16.9 Å². The SMILES string of the molecule is O=C(NCCNC1CC1)c1cc(O)[nH]c(=O)c1. The van der Waals surface area contributed by atoms with Gasteiger partial charge in [0.25, 0.3) is 11.5 Å². The van der Waals surface area contributed by atoms with Crippen molar-refractivity contribution in [1.82, 2.24) is 15.6 Å². The van der Waals surface area contributed by atoms with Gasteiger partial charge in [0, 0.05) is 31.3 Å². The molecule has 6 heteroatoms. The fraction of sp³-hybridized carbons (Fsp3) is 0.455. The number of hydrogen-bond donors (Lipinski definition) is 4. The zero-order chi connectivity index (χ0) is 12.3. The molecule has 1 amide bonds. The van der Waals surface area contributed by atoms with Crippen LogP contribution in [0, 0.1) is 0 Å². The molecule has 0 bridgehead atoms. The molecule has 1 aliphatic carbocycles. The molecule has 0 aliphatic heterocycles. The Balaban J connectivity index is 1.83. The summed E-state index contributed by atoms with van der Waals surface area (Å²) in [6, 6.07) is 2.99. The number of carbonyl (C=O) groups excluding carboxylic acids is 1. The molecule has 1 heterocycles. The minimum absolute atomic E-state index is 0.165. The summed E-state index contributed by atoms with van der Waals surface area (Å²) in [5.74, 6) is -0.664. The third-order valence-corrected chi connectivity index (χ3v) is 2.51. The van der Waals surface area contributed by atoms with E-state index in [0.29, 0.717) is 19.1 Å². The highest BCUT2D eigenvalue weighted by Gasteiger charge is 2.19. The average Bonchev–Trinajstić information content (AvgIpc) is 3.06. The van der Waals surface area contributed by atoms with Crippen LogP contribution in [-0.4, -0.2) is 35.1 Å². The van der Waals surface area contributed by atoms with Crippen LogP contribution in [-0.2, 0) is 0 Å². The van der Waals surface area contributed by atoms with Gasteiger partial charge in [-0.15, -0.1) is 0 Å². The Bertz CT molecular complexity index is 465. The van der Waals surface area contributed by atoms with Crippen molar-refractivity contribution in [3.63, 3.8) is 0 Å². The lowest BCUT2D eigenvalue weighted by molar-refractivity contribution is 0.0953. The van der Waals surface area contributed by atoms with Gasteiger partial charge in [-0.1, -0.05) is 0 Å². The number of aromatic amines is 1. The predicted molar refractivity (Wildman–Crippen MR) is 62.1 cm³/mol. The molecule has 6 nitrogen and oxygen atoms in total. The van der Waals surface area contributed by atoms with E-state index in [1.165, 1.54) is 18.9 Å². The Morgan fingerprint density at radius 3 is 2.82 bits per heavy atom. The molecule has 1 aromatic heterocycles. The topological polar surface area (TPSA) is 94.2 Å². The Kier molecular flexibility index (Phi) is 3.43. The molecule has 0 radical (unpaired) electrons. The monoisotopic (exact) mass is 237 g/mol. The van der Waals surface area contributed by atoms with E-state index >= 15 is 0 Å². The molecule has 0 saturated heterocycles. The van der Waals surface area contributed by atoms with Gasteiger partial charge in [0.15, 0.2) is 5.88 Å². The number of aromatic nitrogens is 1. The van der Waals surface area contributed by atoms with Gasteiger partial charge in [0.05, 0.1) is 5.56 Å². The van der Waals surface area contributed by atoms with Crippen molar-refractivity contribution in [1.29, 1.82) is 0 Å². The summed E-state index contributed by atoms with van der Waals surface area (Å²) in [6.45, 7) is 1.22. The number of amides is 1. The van der Waals surface area contributed by atoms with Crippen molar-refractivity contribution >= 4 is 5.91 Å². The first kappa shape index (κ1) is 11.7. The van der Waals surface area contributed by atoms with E-state index in [4.69, 9.17) is 5.11 Å². The number of H-pyrrole nitrogens is 1. The maximum absolute atomic E-state index is 11.6. The molecule has 1 aliphatic rings. The third kappa shape index (κ3) is 3.60. The summed E-state index contributed by atoms with van der Waals surface area (Å²) in [7, 11) is 0. The minimum Gasteiger partial charge on any atom is -0.494 e. The molecular weight excluding hydrogens is 222 g/mol. The summed E-state index contributed by atoms with van der Waals surface area (Å²) >= 11 is 0. The number of nitrogens with one attached hydrogen (secondary N) is 3. The first-order valence-electron chi connectivity index (χ1n) is 5.60. The highest BCUT2D eigenvalue weighted by atomic mass is 16.3. The lowest BCUT2D eigenvalue weighted by Gasteiger charge is -2.05. The normalized spacial score (nSPS) is 14.6. The van der Waals surface area contributed by atoms with Gasteiger partial charge in [-0.05, 0) is 12.8 Å². The van der Waals surface area contributed by atoms with Crippen LogP contribution in [0.1, 0.15) is 23.2 Å². The Morgan fingerprint density at radius 2 is 2.18 bits per heavy atom. The predicted octanol–water partition coefficient (Wildman–Crippen LogP) is -0.438. The third-order valence-electron chi connectivity index (χ3n) is 2.51. The smallest absolute Gasteiger partial charge is 0.251 e. The van der Waals surface area contributed by atoms with Gasteiger partial charge < -0.3 is 15.7 Å². The zero-order valence-electron chi connectivity index (χ0n) is 9.32. The zero-order valence-corrected chi connectivity index (χ0v) is 9.32. The second-order valence-corrected chi connectivity index (χ2v) is 4.10. The molecule has 1 saturated carbocycles. The summed E-state index contributed by atoms with van der Waals surface area (Å²) in [4.78, 5) is 24.8. The highest BCUT2D eigenvalue weighted by Crippen LogP contribution is 2.17. The van der Waals surface area contributed by atoms with Gasteiger partial charge in [0.1, 0.15) is 0 Å². The van der Waals surface area contributed by atoms with Crippen LogP contribution in [0.5, 0.6) is 5.88 Å². The van der Waals surface area contributed by atoms with Crippen LogP contribution in [0.25, 0.3) is 0 Å². The first-order chi connectivity index (χ1) is 8.15. The van der Waals surface area contributed by atoms with Crippen molar-refractivity contribution in [2.75, 3.05) is 13.1 Å². The largest absolute Gasteiger partial charge is 0.494 e. The summed E-state index contributed by atoms with van der Waals surface area (Å²) in [6.07, 6.45) is 2.41. The standard InChI is InChI=1S/C11H15N3O3/c15-9-5-7(6-10(16)14-9)11(17)13-4-3-12-8-1-2-8/h5-6,8,12H,1-4H2,(H,13,17)(H2,14,15,16). The molecule has 17 heavy (non-hydrogen) atoms. The van der Waals surface area contributed by atoms with Crippen molar-refractivity contribution in [2.24, 2.45) is 0 Å². The van der Waals surface area contributed by atoms with Crippen LogP contribution >= 0.6 is 0 Å².